The molecule has 90 valence electrons. The Morgan fingerprint density at radius 1 is 1.29 bits per heavy atom. The van der Waals surface area contributed by atoms with Gasteiger partial charge in [0.1, 0.15) is 0 Å². The molecule has 0 N–H and O–H groups in total. The molecule has 0 aliphatic carbocycles. The first-order valence-corrected chi connectivity index (χ1v) is 5.82. The molecule has 0 fully saturated rings. The molecule has 0 amide bonds. The molecule has 2 aromatic rings. The van der Waals surface area contributed by atoms with Crippen LogP contribution in [0.2, 0.25) is 0 Å². The predicted octanol–water partition coefficient (Wildman–Crippen LogP) is 2.34. The lowest BCUT2D eigenvalue weighted by molar-refractivity contribution is 0.467. The molecule has 0 radical (unpaired) electrons. The second kappa shape index (κ2) is 4.57. The van der Waals surface area contributed by atoms with E-state index in [4.69, 9.17) is 4.42 Å². The van der Waals surface area contributed by atoms with Gasteiger partial charge in [-0.25, -0.2) is 9.78 Å². The number of hydrogen-bond donors (Lipinski definition) is 0. The van der Waals surface area contributed by atoms with Crippen LogP contribution in [0.25, 0.3) is 10.9 Å². The summed E-state index contributed by atoms with van der Waals surface area (Å²) in [6, 6.07) is 5.70. The zero-order valence-electron chi connectivity index (χ0n) is 10.4. The Morgan fingerprint density at radius 3 is 2.65 bits per heavy atom. The predicted molar refractivity (Wildman–Crippen MR) is 68.6 cm³/mol. The highest BCUT2D eigenvalue weighted by Crippen LogP contribution is 2.18. The summed E-state index contributed by atoms with van der Waals surface area (Å²) >= 11 is 0. The van der Waals surface area contributed by atoms with Crippen molar-refractivity contribution in [3.05, 3.63) is 34.5 Å². The number of hydrogen-bond acceptors (Lipinski definition) is 4. The fraction of sp³-hybridized carbons (Fsp3) is 0.385. The van der Waals surface area contributed by atoms with Crippen LogP contribution in [-0.2, 0) is 0 Å². The summed E-state index contributed by atoms with van der Waals surface area (Å²) in [6.07, 6.45) is 0. The van der Waals surface area contributed by atoms with Crippen molar-refractivity contribution in [3.63, 3.8) is 0 Å². The summed E-state index contributed by atoms with van der Waals surface area (Å²) in [4.78, 5) is 18.1. The van der Waals surface area contributed by atoms with Crippen molar-refractivity contribution in [2.45, 2.75) is 20.8 Å². The van der Waals surface area contributed by atoms with E-state index >= 15 is 0 Å². The van der Waals surface area contributed by atoms with Crippen molar-refractivity contribution >= 4 is 16.6 Å². The van der Waals surface area contributed by atoms with Gasteiger partial charge in [-0.05, 0) is 32.0 Å². The van der Waals surface area contributed by atoms with Crippen LogP contribution in [0.3, 0.4) is 0 Å². The van der Waals surface area contributed by atoms with Crippen molar-refractivity contribution < 1.29 is 4.42 Å². The van der Waals surface area contributed by atoms with Crippen LogP contribution in [0.5, 0.6) is 0 Å². The van der Waals surface area contributed by atoms with Crippen LogP contribution < -0.4 is 10.5 Å². The molecule has 1 aromatic heterocycles. The van der Waals surface area contributed by atoms with Gasteiger partial charge in [0.15, 0.2) is 5.89 Å². The smallest absolute Gasteiger partial charge is 0.346 e. The number of benzene rings is 1. The molecule has 4 nitrogen and oxygen atoms in total. The van der Waals surface area contributed by atoms with Gasteiger partial charge in [0.25, 0.3) is 0 Å². The van der Waals surface area contributed by atoms with Crippen molar-refractivity contribution in [1.29, 1.82) is 0 Å². The fourth-order valence-corrected chi connectivity index (χ4v) is 1.95. The number of rotatable bonds is 3. The highest BCUT2D eigenvalue weighted by Gasteiger charge is 2.07. The highest BCUT2D eigenvalue weighted by molar-refractivity contribution is 5.81. The SMILES string of the molecule is CCN(CC)c1ccc2nc(C)oc(=O)c2c1. The van der Waals surface area contributed by atoms with Crippen LogP contribution in [0.4, 0.5) is 5.69 Å². The Bertz CT molecular complexity index is 585. The average Bonchev–Trinajstić information content (AvgIpc) is 2.31. The molecule has 0 saturated heterocycles. The van der Waals surface area contributed by atoms with E-state index in [0.717, 1.165) is 18.8 Å². The lowest BCUT2D eigenvalue weighted by Gasteiger charge is -2.20. The van der Waals surface area contributed by atoms with Gasteiger partial charge in [-0.2, -0.15) is 0 Å². The molecule has 0 unspecified atom stereocenters. The van der Waals surface area contributed by atoms with Gasteiger partial charge in [0.05, 0.1) is 10.9 Å². The van der Waals surface area contributed by atoms with E-state index in [1.54, 1.807) is 6.92 Å². The summed E-state index contributed by atoms with van der Waals surface area (Å²) < 4.78 is 5.01. The maximum atomic E-state index is 11.7. The standard InChI is InChI=1S/C13H16N2O2/c1-4-15(5-2)10-6-7-12-11(8-10)13(16)17-9(3)14-12/h6-8H,4-5H2,1-3H3. The quantitative estimate of drug-likeness (QED) is 0.815. The molecule has 0 aliphatic heterocycles. The zero-order valence-corrected chi connectivity index (χ0v) is 10.4. The Balaban J connectivity index is 2.61. The summed E-state index contributed by atoms with van der Waals surface area (Å²) in [5, 5.41) is 0.542. The minimum atomic E-state index is -0.318. The largest absolute Gasteiger partial charge is 0.408 e. The maximum Gasteiger partial charge on any atom is 0.346 e. The molecule has 1 aromatic carbocycles. The van der Waals surface area contributed by atoms with E-state index in [-0.39, 0.29) is 5.63 Å². The van der Waals surface area contributed by atoms with E-state index in [1.807, 2.05) is 18.2 Å². The molecular weight excluding hydrogens is 216 g/mol. The molecule has 2 rings (SSSR count). The summed E-state index contributed by atoms with van der Waals surface area (Å²) in [6.45, 7) is 7.67. The molecule has 1 heterocycles. The minimum absolute atomic E-state index is 0.318. The molecule has 0 aliphatic rings. The van der Waals surface area contributed by atoms with Crippen LogP contribution >= 0.6 is 0 Å². The van der Waals surface area contributed by atoms with E-state index in [1.165, 1.54) is 0 Å². The van der Waals surface area contributed by atoms with Crippen molar-refractivity contribution in [2.24, 2.45) is 0 Å². The van der Waals surface area contributed by atoms with Crippen molar-refractivity contribution in [2.75, 3.05) is 18.0 Å². The molecule has 0 bridgehead atoms. The third-order valence-corrected chi connectivity index (χ3v) is 2.85. The number of fused-ring (bicyclic) bond motifs is 1. The fourth-order valence-electron chi connectivity index (χ4n) is 1.95. The second-order valence-electron chi connectivity index (χ2n) is 3.89. The maximum absolute atomic E-state index is 11.7. The van der Waals surface area contributed by atoms with E-state index in [9.17, 15) is 4.79 Å². The Kier molecular flexibility index (Phi) is 3.13. The van der Waals surface area contributed by atoms with Gasteiger partial charge in [0, 0.05) is 25.7 Å². The molecule has 17 heavy (non-hydrogen) atoms. The van der Waals surface area contributed by atoms with Crippen LogP contribution in [-0.4, -0.2) is 18.1 Å². The third-order valence-electron chi connectivity index (χ3n) is 2.85. The molecular formula is C13H16N2O2. The molecule has 0 atom stereocenters. The number of nitrogens with zero attached hydrogens (tertiary/aromatic N) is 2. The first-order chi connectivity index (χ1) is 8.15. The van der Waals surface area contributed by atoms with Crippen LogP contribution in [0.1, 0.15) is 19.7 Å². The normalized spacial score (nSPS) is 10.8. The van der Waals surface area contributed by atoms with E-state index in [2.05, 4.69) is 23.7 Å². The first-order valence-electron chi connectivity index (χ1n) is 5.82. The first kappa shape index (κ1) is 11.6. The summed E-state index contributed by atoms with van der Waals surface area (Å²) in [7, 11) is 0. The van der Waals surface area contributed by atoms with Gasteiger partial charge in [0.2, 0.25) is 0 Å². The highest BCUT2D eigenvalue weighted by atomic mass is 16.4. The summed E-state index contributed by atoms with van der Waals surface area (Å²) in [5.41, 5.74) is 1.40. The van der Waals surface area contributed by atoms with Gasteiger partial charge in [-0.1, -0.05) is 0 Å². The Hall–Kier alpha value is -1.84. The minimum Gasteiger partial charge on any atom is -0.408 e. The van der Waals surface area contributed by atoms with Gasteiger partial charge in [-0.15, -0.1) is 0 Å². The monoisotopic (exact) mass is 232 g/mol. The molecule has 0 spiro atoms. The second-order valence-corrected chi connectivity index (χ2v) is 3.89. The van der Waals surface area contributed by atoms with Crippen LogP contribution in [0.15, 0.2) is 27.4 Å². The van der Waals surface area contributed by atoms with E-state index in [0.29, 0.717) is 16.8 Å². The average molecular weight is 232 g/mol. The number of aryl methyl sites for hydroxylation is 1. The third kappa shape index (κ3) is 2.16. The lowest BCUT2D eigenvalue weighted by Crippen LogP contribution is -2.21. The molecule has 0 saturated carbocycles. The van der Waals surface area contributed by atoms with Gasteiger partial charge >= 0.3 is 5.63 Å². The number of anilines is 1. The Morgan fingerprint density at radius 2 is 2.00 bits per heavy atom. The summed E-state index contributed by atoms with van der Waals surface area (Å²) in [5.74, 6) is 0.401. The Labute approximate surface area is 99.9 Å². The number of aromatic nitrogens is 1. The van der Waals surface area contributed by atoms with Crippen molar-refractivity contribution in [1.82, 2.24) is 4.98 Å². The topological polar surface area (TPSA) is 46.3 Å². The van der Waals surface area contributed by atoms with Crippen LogP contribution in [0, 0.1) is 6.92 Å². The van der Waals surface area contributed by atoms with Gasteiger partial charge in [-0.3, -0.25) is 0 Å². The lowest BCUT2D eigenvalue weighted by atomic mass is 10.2. The van der Waals surface area contributed by atoms with Crippen molar-refractivity contribution in [3.8, 4) is 0 Å². The zero-order chi connectivity index (χ0) is 12.4. The van der Waals surface area contributed by atoms with E-state index < -0.39 is 0 Å². The van der Waals surface area contributed by atoms with Gasteiger partial charge < -0.3 is 9.32 Å². The molecule has 4 heteroatoms.